The van der Waals surface area contributed by atoms with E-state index in [4.69, 9.17) is 0 Å². The Morgan fingerprint density at radius 2 is 2.13 bits per heavy atom. The lowest BCUT2D eigenvalue weighted by Gasteiger charge is -2.24. The van der Waals surface area contributed by atoms with Gasteiger partial charge in [0.15, 0.2) is 0 Å². The van der Waals surface area contributed by atoms with Crippen LogP contribution in [0, 0.1) is 12.8 Å². The summed E-state index contributed by atoms with van der Waals surface area (Å²) in [4.78, 5) is 26.2. The summed E-state index contributed by atoms with van der Waals surface area (Å²) in [5.74, 6) is 0.570. The van der Waals surface area contributed by atoms with Crippen molar-refractivity contribution in [2.45, 2.75) is 44.7 Å². The molecule has 4 nitrogen and oxygen atoms in total. The van der Waals surface area contributed by atoms with E-state index in [1.165, 1.54) is 5.56 Å². The number of aryl methyl sites for hydroxylation is 1. The van der Waals surface area contributed by atoms with Crippen LogP contribution in [0.15, 0.2) is 24.3 Å². The fourth-order valence-corrected chi connectivity index (χ4v) is 3.91. The highest BCUT2D eigenvalue weighted by atomic mass is 32.2. The molecule has 0 aromatic heterocycles. The number of benzene rings is 1. The van der Waals surface area contributed by atoms with Crippen molar-refractivity contribution in [3.05, 3.63) is 35.4 Å². The second kappa shape index (κ2) is 7.86. The van der Waals surface area contributed by atoms with E-state index in [0.29, 0.717) is 25.4 Å². The summed E-state index contributed by atoms with van der Waals surface area (Å²) in [6, 6.07) is 8.25. The first kappa shape index (κ1) is 17.9. The van der Waals surface area contributed by atoms with E-state index >= 15 is 0 Å². The molecular weight excluding hydrogens is 308 g/mol. The molecule has 5 heteroatoms. The van der Waals surface area contributed by atoms with Crippen LogP contribution in [0.3, 0.4) is 0 Å². The van der Waals surface area contributed by atoms with E-state index in [2.05, 4.69) is 44.3 Å². The zero-order valence-electron chi connectivity index (χ0n) is 14.3. The van der Waals surface area contributed by atoms with Crippen LogP contribution in [0.1, 0.15) is 43.7 Å². The first-order chi connectivity index (χ1) is 10.9. The molecule has 0 unspecified atom stereocenters. The van der Waals surface area contributed by atoms with Gasteiger partial charge in [0.2, 0.25) is 11.8 Å². The van der Waals surface area contributed by atoms with Crippen LogP contribution >= 0.6 is 11.8 Å². The average Bonchev–Trinajstić information content (AvgIpc) is 2.78. The highest BCUT2D eigenvalue weighted by molar-refractivity contribution is 8.01. The van der Waals surface area contributed by atoms with Crippen molar-refractivity contribution in [2.75, 3.05) is 13.1 Å². The summed E-state index contributed by atoms with van der Waals surface area (Å²) < 4.78 is 0. The van der Waals surface area contributed by atoms with Gasteiger partial charge in [-0.15, -0.1) is 11.8 Å². The van der Waals surface area contributed by atoms with E-state index in [1.807, 2.05) is 17.9 Å². The van der Waals surface area contributed by atoms with Crippen LogP contribution < -0.4 is 5.32 Å². The van der Waals surface area contributed by atoms with Gasteiger partial charge in [-0.1, -0.05) is 43.7 Å². The largest absolute Gasteiger partial charge is 0.356 e. The predicted molar refractivity (Wildman–Crippen MR) is 95.2 cm³/mol. The van der Waals surface area contributed by atoms with E-state index in [-0.39, 0.29) is 22.4 Å². The molecular formula is C18H26N2O2S. The lowest BCUT2D eigenvalue weighted by Crippen LogP contribution is -2.35. The number of rotatable bonds is 6. The van der Waals surface area contributed by atoms with Crippen LogP contribution in [0.25, 0.3) is 0 Å². The van der Waals surface area contributed by atoms with Crippen LogP contribution in [0.4, 0.5) is 0 Å². The quantitative estimate of drug-likeness (QED) is 0.869. The fourth-order valence-electron chi connectivity index (χ4n) is 2.61. The molecule has 23 heavy (non-hydrogen) atoms. The average molecular weight is 334 g/mol. The summed E-state index contributed by atoms with van der Waals surface area (Å²) >= 11 is 1.66. The Morgan fingerprint density at radius 3 is 2.78 bits per heavy atom. The van der Waals surface area contributed by atoms with Gasteiger partial charge in [-0.05, 0) is 25.3 Å². The van der Waals surface area contributed by atoms with Crippen molar-refractivity contribution in [1.82, 2.24) is 10.2 Å². The molecule has 0 spiro atoms. The van der Waals surface area contributed by atoms with Crippen molar-refractivity contribution in [3.63, 3.8) is 0 Å². The molecule has 0 bridgehead atoms. The summed E-state index contributed by atoms with van der Waals surface area (Å²) in [5.41, 5.74) is 2.32. The first-order valence-corrected chi connectivity index (χ1v) is 9.12. The predicted octanol–water partition coefficient (Wildman–Crippen LogP) is 3.12. The monoisotopic (exact) mass is 334 g/mol. The van der Waals surface area contributed by atoms with Gasteiger partial charge in [-0.2, -0.15) is 0 Å². The molecule has 1 fully saturated rings. The Balaban J connectivity index is 2.02. The van der Waals surface area contributed by atoms with E-state index in [0.717, 1.165) is 5.56 Å². The number of thioether (sulfide) groups is 1. The van der Waals surface area contributed by atoms with Gasteiger partial charge in [-0.3, -0.25) is 9.59 Å². The Kier molecular flexibility index (Phi) is 6.10. The fraction of sp³-hybridized carbons (Fsp3) is 0.556. The van der Waals surface area contributed by atoms with Gasteiger partial charge < -0.3 is 10.2 Å². The van der Waals surface area contributed by atoms with Crippen molar-refractivity contribution >= 4 is 23.6 Å². The Morgan fingerprint density at radius 1 is 1.39 bits per heavy atom. The molecule has 1 saturated heterocycles. The molecule has 1 N–H and O–H groups in total. The smallest absolute Gasteiger partial charge is 0.236 e. The number of nitrogens with one attached hydrogen (secondary N) is 1. The highest BCUT2D eigenvalue weighted by Gasteiger charge is 2.38. The number of hydrogen-bond acceptors (Lipinski definition) is 3. The number of amides is 2. The third-order valence-electron chi connectivity index (χ3n) is 3.86. The molecule has 1 aliphatic heterocycles. The van der Waals surface area contributed by atoms with Crippen molar-refractivity contribution in [3.8, 4) is 0 Å². The van der Waals surface area contributed by atoms with E-state index in [1.54, 1.807) is 11.8 Å². The lowest BCUT2D eigenvalue weighted by molar-refractivity contribution is -0.130. The zero-order chi connectivity index (χ0) is 17.0. The molecule has 1 aliphatic rings. The topological polar surface area (TPSA) is 49.4 Å². The number of nitrogens with zero attached hydrogens (tertiary/aromatic N) is 1. The van der Waals surface area contributed by atoms with Crippen molar-refractivity contribution in [1.29, 1.82) is 0 Å². The normalized spacial score (nSPS) is 21.1. The Labute approximate surface area is 143 Å². The van der Waals surface area contributed by atoms with Gasteiger partial charge in [-0.25, -0.2) is 0 Å². The van der Waals surface area contributed by atoms with Gasteiger partial charge in [0.1, 0.15) is 5.37 Å². The van der Waals surface area contributed by atoms with Gasteiger partial charge in [0.05, 0.1) is 5.25 Å². The summed E-state index contributed by atoms with van der Waals surface area (Å²) in [7, 11) is 0. The first-order valence-electron chi connectivity index (χ1n) is 8.17. The molecule has 0 aliphatic carbocycles. The standard InChI is InChI=1S/C18H26N2O2S/c1-12(2)11-19-16(21)8-9-20-17(22)14(4)23-18(20)15-7-5-6-13(3)10-15/h5-7,10,12,14,18H,8-9,11H2,1-4H3,(H,19,21)/t14-,18+/m1/s1. The molecule has 0 radical (unpaired) electrons. The molecule has 1 aromatic rings. The maximum atomic E-state index is 12.4. The maximum absolute atomic E-state index is 12.4. The van der Waals surface area contributed by atoms with Crippen molar-refractivity contribution < 1.29 is 9.59 Å². The van der Waals surface area contributed by atoms with Crippen molar-refractivity contribution in [2.24, 2.45) is 5.92 Å². The lowest BCUT2D eigenvalue weighted by atomic mass is 10.1. The molecule has 1 aromatic carbocycles. The maximum Gasteiger partial charge on any atom is 0.236 e. The molecule has 0 saturated carbocycles. The molecule has 1 heterocycles. The summed E-state index contributed by atoms with van der Waals surface area (Å²) in [6.45, 7) is 9.28. The minimum Gasteiger partial charge on any atom is -0.356 e. The minimum absolute atomic E-state index is 0.00954. The van der Waals surface area contributed by atoms with Crippen LogP contribution in [-0.4, -0.2) is 35.1 Å². The SMILES string of the molecule is Cc1cccc([C@@H]2S[C@H](C)C(=O)N2CCC(=O)NCC(C)C)c1. The van der Waals surface area contributed by atoms with Crippen LogP contribution in [-0.2, 0) is 9.59 Å². The Bertz CT molecular complexity index is 574. The molecule has 2 amide bonds. The molecule has 2 rings (SSSR count). The second-order valence-electron chi connectivity index (χ2n) is 6.52. The Hall–Kier alpha value is -1.49. The molecule has 126 valence electrons. The molecule has 2 atom stereocenters. The third-order valence-corrected chi connectivity index (χ3v) is 5.26. The second-order valence-corrected chi connectivity index (χ2v) is 7.95. The summed E-state index contributed by atoms with van der Waals surface area (Å²) in [5, 5.41) is 2.87. The van der Waals surface area contributed by atoms with Crippen LogP contribution in [0.5, 0.6) is 0 Å². The van der Waals surface area contributed by atoms with Gasteiger partial charge >= 0.3 is 0 Å². The van der Waals surface area contributed by atoms with E-state index < -0.39 is 0 Å². The minimum atomic E-state index is -0.0563. The van der Waals surface area contributed by atoms with Gasteiger partial charge in [0.25, 0.3) is 0 Å². The number of hydrogen-bond donors (Lipinski definition) is 1. The van der Waals surface area contributed by atoms with Gasteiger partial charge in [0, 0.05) is 19.5 Å². The zero-order valence-corrected chi connectivity index (χ0v) is 15.2. The summed E-state index contributed by atoms with van der Waals surface area (Å²) in [6.07, 6.45) is 0.355. The third kappa shape index (κ3) is 4.74. The number of carbonyl (C=O) groups is 2. The number of carbonyl (C=O) groups excluding carboxylic acids is 2. The van der Waals surface area contributed by atoms with E-state index in [9.17, 15) is 9.59 Å². The highest BCUT2D eigenvalue weighted by Crippen LogP contribution is 2.42. The van der Waals surface area contributed by atoms with Crippen LogP contribution in [0.2, 0.25) is 0 Å².